The van der Waals surface area contributed by atoms with Crippen LogP contribution < -0.4 is 5.43 Å². The van der Waals surface area contributed by atoms with Crippen LogP contribution >= 0.6 is 0 Å². The van der Waals surface area contributed by atoms with Crippen LogP contribution in [0.25, 0.3) is 11.3 Å². The van der Waals surface area contributed by atoms with Gasteiger partial charge in [-0.05, 0) is 6.92 Å². The zero-order valence-corrected chi connectivity index (χ0v) is 7.86. The van der Waals surface area contributed by atoms with E-state index in [1.165, 1.54) is 24.0 Å². The van der Waals surface area contributed by atoms with E-state index in [0.717, 1.165) is 5.56 Å². The lowest BCUT2D eigenvalue weighted by Crippen LogP contribution is -1.94. The number of hydrogen-bond acceptors (Lipinski definition) is 2. The van der Waals surface area contributed by atoms with Crippen molar-refractivity contribution in [2.45, 2.75) is 6.92 Å². The standard InChI is InChI=1S/C12H10O2/c1-9-2-4-10(5-3-9)12-8-11(13)6-7-14-12/h2-8H,1H3. The molecule has 70 valence electrons. The molecular formula is C12H10O2. The summed E-state index contributed by atoms with van der Waals surface area (Å²) in [5.41, 5.74) is 2.08. The zero-order chi connectivity index (χ0) is 9.97. The average Bonchev–Trinajstić information content (AvgIpc) is 2.19. The Balaban J connectivity index is 2.50. The first-order valence-corrected chi connectivity index (χ1v) is 4.41. The SMILES string of the molecule is Cc1ccc(-c2cc(=O)cco2)cc1. The summed E-state index contributed by atoms with van der Waals surface area (Å²) in [6, 6.07) is 10.7. The molecule has 0 aliphatic carbocycles. The van der Waals surface area contributed by atoms with E-state index < -0.39 is 0 Å². The van der Waals surface area contributed by atoms with Crippen molar-refractivity contribution in [3.8, 4) is 11.3 Å². The first-order valence-electron chi connectivity index (χ1n) is 4.41. The minimum atomic E-state index is -0.0353. The second-order valence-corrected chi connectivity index (χ2v) is 3.20. The van der Waals surface area contributed by atoms with E-state index in [9.17, 15) is 4.79 Å². The highest BCUT2D eigenvalue weighted by Crippen LogP contribution is 2.17. The zero-order valence-electron chi connectivity index (χ0n) is 7.86. The number of aryl methyl sites for hydroxylation is 1. The van der Waals surface area contributed by atoms with Crippen molar-refractivity contribution in [3.63, 3.8) is 0 Å². The quantitative estimate of drug-likeness (QED) is 0.685. The van der Waals surface area contributed by atoms with Crippen LogP contribution in [-0.2, 0) is 0 Å². The van der Waals surface area contributed by atoms with E-state index in [0.29, 0.717) is 5.76 Å². The fourth-order valence-corrected chi connectivity index (χ4v) is 1.25. The Hall–Kier alpha value is -1.83. The maximum atomic E-state index is 11.1. The summed E-state index contributed by atoms with van der Waals surface area (Å²) >= 11 is 0. The van der Waals surface area contributed by atoms with Gasteiger partial charge >= 0.3 is 0 Å². The Kier molecular flexibility index (Phi) is 2.19. The van der Waals surface area contributed by atoms with Crippen molar-refractivity contribution in [1.82, 2.24) is 0 Å². The third-order valence-electron chi connectivity index (χ3n) is 2.04. The van der Waals surface area contributed by atoms with Crippen molar-refractivity contribution in [2.24, 2.45) is 0 Å². The Labute approximate surface area is 81.8 Å². The Morgan fingerprint density at radius 1 is 1.07 bits per heavy atom. The highest BCUT2D eigenvalue weighted by Gasteiger charge is 1.99. The largest absolute Gasteiger partial charge is 0.464 e. The second-order valence-electron chi connectivity index (χ2n) is 3.20. The molecule has 1 aromatic carbocycles. The molecule has 0 unspecified atom stereocenters. The third-order valence-corrected chi connectivity index (χ3v) is 2.04. The predicted molar refractivity (Wildman–Crippen MR) is 55.2 cm³/mol. The van der Waals surface area contributed by atoms with Crippen molar-refractivity contribution >= 4 is 0 Å². The van der Waals surface area contributed by atoms with Gasteiger partial charge in [-0.15, -0.1) is 0 Å². The normalized spacial score (nSPS) is 10.1. The van der Waals surface area contributed by atoms with Crippen LogP contribution in [0.3, 0.4) is 0 Å². The molecule has 14 heavy (non-hydrogen) atoms. The van der Waals surface area contributed by atoms with Crippen LogP contribution in [0.1, 0.15) is 5.56 Å². The van der Waals surface area contributed by atoms with Gasteiger partial charge < -0.3 is 4.42 Å². The van der Waals surface area contributed by atoms with Crippen LogP contribution in [0.5, 0.6) is 0 Å². The molecule has 1 aromatic heterocycles. The summed E-state index contributed by atoms with van der Waals surface area (Å²) in [6.45, 7) is 2.02. The topological polar surface area (TPSA) is 30.2 Å². The lowest BCUT2D eigenvalue weighted by molar-refractivity contribution is 0.564. The molecule has 0 spiro atoms. The summed E-state index contributed by atoms with van der Waals surface area (Å²) in [5, 5.41) is 0. The molecule has 0 atom stereocenters. The highest BCUT2D eigenvalue weighted by molar-refractivity contribution is 5.56. The lowest BCUT2D eigenvalue weighted by atomic mass is 10.1. The fourth-order valence-electron chi connectivity index (χ4n) is 1.25. The molecule has 0 aliphatic heterocycles. The minimum absolute atomic E-state index is 0.0353. The molecule has 0 fully saturated rings. The molecule has 2 nitrogen and oxygen atoms in total. The van der Waals surface area contributed by atoms with Crippen LogP contribution in [0.2, 0.25) is 0 Å². The highest BCUT2D eigenvalue weighted by atomic mass is 16.3. The molecular weight excluding hydrogens is 176 g/mol. The van der Waals surface area contributed by atoms with Gasteiger partial charge in [0.15, 0.2) is 5.43 Å². The van der Waals surface area contributed by atoms with Crippen molar-refractivity contribution in [2.75, 3.05) is 0 Å². The number of rotatable bonds is 1. The lowest BCUT2D eigenvalue weighted by Gasteiger charge is -1.99. The van der Waals surface area contributed by atoms with Gasteiger partial charge in [0, 0.05) is 17.7 Å². The molecule has 0 radical (unpaired) electrons. The van der Waals surface area contributed by atoms with Crippen molar-refractivity contribution in [1.29, 1.82) is 0 Å². The summed E-state index contributed by atoms with van der Waals surface area (Å²) in [5.74, 6) is 0.609. The van der Waals surface area contributed by atoms with E-state index in [-0.39, 0.29) is 5.43 Å². The van der Waals surface area contributed by atoms with E-state index in [1.807, 2.05) is 31.2 Å². The van der Waals surface area contributed by atoms with Crippen LogP contribution in [0.15, 0.2) is 51.9 Å². The molecule has 1 heterocycles. The van der Waals surface area contributed by atoms with E-state index >= 15 is 0 Å². The summed E-state index contributed by atoms with van der Waals surface area (Å²) in [6.07, 6.45) is 1.41. The van der Waals surface area contributed by atoms with Gasteiger partial charge in [-0.2, -0.15) is 0 Å². The molecule has 0 N–H and O–H groups in total. The summed E-state index contributed by atoms with van der Waals surface area (Å²) in [7, 11) is 0. The maximum Gasteiger partial charge on any atom is 0.185 e. The second kappa shape index (κ2) is 3.50. The molecule has 0 saturated carbocycles. The molecule has 2 aromatic rings. The van der Waals surface area contributed by atoms with Crippen molar-refractivity contribution < 1.29 is 4.42 Å². The number of benzene rings is 1. The smallest absolute Gasteiger partial charge is 0.185 e. The van der Waals surface area contributed by atoms with Gasteiger partial charge in [0.05, 0.1) is 6.26 Å². The van der Waals surface area contributed by atoms with Crippen LogP contribution in [-0.4, -0.2) is 0 Å². The molecule has 0 saturated heterocycles. The van der Waals surface area contributed by atoms with Crippen LogP contribution in [0.4, 0.5) is 0 Å². The predicted octanol–water partition coefficient (Wildman–Crippen LogP) is 2.62. The van der Waals surface area contributed by atoms with Gasteiger partial charge in [-0.1, -0.05) is 29.8 Å². The van der Waals surface area contributed by atoms with Gasteiger partial charge in [0.25, 0.3) is 0 Å². The summed E-state index contributed by atoms with van der Waals surface area (Å²) in [4.78, 5) is 11.1. The first kappa shape index (κ1) is 8.75. The van der Waals surface area contributed by atoms with Crippen molar-refractivity contribution in [3.05, 3.63) is 58.4 Å². The van der Waals surface area contributed by atoms with E-state index in [1.54, 1.807) is 0 Å². The molecule has 2 rings (SSSR count). The third kappa shape index (κ3) is 1.74. The maximum absolute atomic E-state index is 11.1. The first-order chi connectivity index (χ1) is 6.75. The van der Waals surface area contributed by atoms with Gasteiger partial charge in [0.2, 0.25) is 0 Å². The Bertz CT molecular complexity index is 480. The van der Waals surface area contributed by atoms with Gasteiger partial charge in [-0.3, -0.25) is 4.79 Å². The van der Waals surface area contributed by atoms with Crippen LogP contribution in [0, 0.1) is 6.92 Å². The average molecular weight is 186 g/mol. The summed E-state index contributed by atoms with van der Waals surface area (Å²) < 4.78 is 5.23. The van der Waals surface area contributed by atoms with Gasteiger partial charge in [0.1, 0.15) is 5.76 Å². The van der Waals surface area contributed by atoms with Gasteiger partial charge in [-0.25, -0.2) is 0 Å². The molecule has 2 heteroatoms. The Morgan fingerprint density at radius 2 is 1.79 bits per heavy atom. The molecule has 0 amide bonds. The van der Waals surface area contributed by atoms with E-state index in [4.69, 9.17) is 4.42 Å². The minimum Gasteiger partial charge on any atom is -0.464 e. The van der Waals surface area contributed by atoms with E-state index in [2.05, 4.69) is 0 Å². The monoisotopic (exact) mass is 186 g/mol. The molecule has 0 aliphatic rings. The number of hydrogen-bond donors (Lipinski definition) is 0. The Morgan fingerprint density at radius 3 is 2.43 bits per heavy atom. The molecule has 0 bridgehead atoms. The fraction of sp³-hybridized carbons (Fsp3) is 0.0833.